The van der Waals surface area contributed by atoms with E-state index in [2.05, 4.69) is 5.32 Å². The molecule has 134 valence electrons. The van der Waals surface area contributed by atoms with E-state index in [4.69, 9.17) is 9.47 Å². The first-order chi connectivity index (χ1) is 11.0. The number of hydrogen-bond acceptors (Lipinski definition) is 5. The Morgan fingerprint density at radius 3 is 2.38 bits per heavy atom. The zero-order chi connectivity index (χ0) is 16.0. The van der Waals surface area contributed by atoms with E-state index in [1.807, 2.05) is 0 Å². The number of sulfonamides is 1. The van der Waals surface area contributed by atoms with Crippen molar-refractivity contribution in [2.24, 2.45) is 0 Å². The van der Waals surface area contributed by atoms with Crippen molar-refractivity contribution in [3.63, 3.8) is 0 Å². The number of piperidine rings is 1. The van der Waals surface area contributed by atoms with E-state index in [0.29, 0.717) is 36.8 Å². The minimum absolute atomic E-state index is 0. The second-order valence-electron chi connectivity index (χ2n) is 6.59. The van der Waals surface area contributed by atoms with Gasteiger partial charge in [-0.05, 0) is 37.8 Å². The highest BCUT2D eigenvalue weighted by molar-refractivity contribution is 7.89. The molecule has 2 saturated heterocycles. The zero-order valence-electron chi connectivity index (χ0n) is 13.6. The third-order valence-electron chi connectivity index (χ3n) is 5.15. The second-order valence-corrected chi connectivity index (χ2v) is 8.59. The molecule has 0 aliphatic carbocycles. The molecule has 3 aliphatic heterocycles. The number of hydrogen-bond donors (Lipinski definition) is 1. The van der Waals surface area contributed by atoms with Gasteiger partial charge in [0, 0.05) is 31.2 Å². The van der Waals surface area contributed by atoms with Crippen molar-refractivity contribution in [2.75, 3.05) is 20.3 Å². The van der Waals surface area contributed by atoms with Crippen LogP contribution in [0.2, 0.25) is 0 Å². The lowest BCUT2D eigenvalue weighted by molar-refractivity contribution is 0.171. The summed E-state index contributed by atoms with van der Waals surface area (Å²) >= 11 is 0. The summed E-state index contributed by atoms with van der Waals surface area (Å²) in [6.07, 6.45) is 4.08. The van der Waals surface area contributed by atoms with Crippen molar-refractivity contribution in [3.8, 4) is 11.5 Å². The van der Waals surface area contributed by atoms with Crippen LogP contribution in [-0.2, 0) is 10.0 Å². The summed E-state index contributed by atoms with van der Waals surface area (Å²) in [5.41, 5.74) is 0. The summed E-state index contributed by atoms with van der Waals surface area (Å²) in [6.45, 7) is 0.945. The summed E-state index contributed by atoms with van der Waals surface area (Å²) in [5, 5.41) is 3.55. The number of nitrogens with one attached hydrogen (secondary N) is 1. The van der Waals surface area contributed by atoms with E-state index < -0.39 is 10.0 Å². The van der Waals surface area contributed by atoms with Crippen LogP contribution in [0.4, 0.5) is 0 Å². The number of fused-ring (bicyclic) bond motifs is 3. The van der Waals surface area contributed by atoms with Gasteiger partial charge in [0.1, 0.15) is 13.2 Å². The minimum Gasteiger partial charge on any atom is -0.486 e. The van der Waals surface area contributed by atoms with Crippen LogP contribution < -0.4 is 14.8 Å². The second kappa shape index (κ2) is 6.71. The Hall–Kier alpha value is -1.02. The van der Waals surface area contributed by atoms with E-state index in [1.54, 1.807) is 29.6 Å². The Kier molecular flexibility index (Phi) is 4.97. The molecule has 6 nitrogen and oxygen atoms in total. The van der Waals surface area contributed by atoms with Crippen molar-refractivity contribution >= 4 is 22.4 Å². The first-order valence-electron chi connectivity index (χ1n) is 8.18. The normalized spacial score (nSPS) is 28.5. The van der Waals surface area contributed by atoms with Gasteiger partial charge in [-0.2, -0.15) is 4.31 Å². The van der Waals surface area contributed by atoms with Crippen LogP contribution in [0.3, 0.4) is 0 Å². The maximum absolute atomic E-state index is 13.0. The largest absolute Gasteiger partial charge is 0.486 e. The SMILES string of the molecule is CN(C1CC2CCC(C1)N2)S(=O)(=O)c1ccc2c(c1)OCCO2.Cl. The lowest BCUT2D eigenvalue weighted by atomic mass is 10.0. The molecule has 3 aliphatic rings. The highest BCUT2D eigenvalue weighted by Gasteiger charge is 2.39. The summed E-state index contributed by atoms with van der Waals surface area (Å²) in [5.74, 6) is 1.12. The zero-order valence-corrected chi connectivity index (χ0v) is 15.2. The van der Waals surface area contributed by atoms with Crippen molar-refractivity contribution in [3.05, 3.63) is 18.2 Å². The van der Waals surface area contributed by atoms with Gasteiger partial charge < -0.3 is 14.8 Å². The van der Waals surface area contributed by atoms with E-state index >= 15 is 0 Å². The van der Waals surface area contributed by atoms with Gasteiger partial charge in [0.2, 0.25) is 10.0 Å². The van der Waals surface area contributed by atoms with Crippen LogP contribution in [0.15, 0.2) is 23.1 Å². The molecular weight excluding hydrogens is 352 g/mol. The van der Waals surface area contributed by atoms with Crippen molar-refractivity contribution < 1.29 is 17.9 Å². The number of benzene rings is 1. The Morgan fingerprint density at radius 2 is 1.71 bits per heavy atom. The first-order valence-corrected chi connectivity index (χ1v) is 9.62. The van der Waals surface area contributed by atoms with Crippen LogP contribution in [-0.4, -0.2) is 51.1 Å². The van der Waals surface area contributed by atoms with Gasteiger partial charge in [0.25, 0.3) is 0 Å². The van der Waals surface area contributed by atoms with Crippen molar-refractivity contribution in [1.29, 1.82) is 0 Å². The maximum atomic E-state index is 13.0. The highest BCUT2D eigenvalue weighted by atomic mass is 35.5. The Bertz CT molecular complexity index is 700. The van der Waals surface area contributed by atoms with Crippen molar-refractivity contribution in [2.45, 2.75) is 48.7 Å². The van der Waals surface area contributed by atoms with E-state index in [1.165, 1.54) is 0 Å². The number of rotatable bonds is 3. The smallest absolute Gasteiger partial charge is 0.243 e. The van der Waals surface area contributed by atoms with E-state index in [-0.39, 0.29) is 23.3 Å². The molecule has 0 spiro atoms. The molecule has 2 atom stereocenters. The lowest BCUT2D eigenvalue weighted by Gasteiger charge is -2.35. The molecule has 4 rings (SSSR count). The average Bonchev–Trinajstić information content (AvgIpc) is 2.91. The molecule has 8 heteroatoms. The fraction of sp³-hybridized carbons (Fsp3) is 0.625. The molecule has 1 N–H and O–H groups in total. The van der Waals surface area contributed by atoms with Gasteiger partial charge in [-0.15, -0.1) is 12.4 Å². The fourth-order valence-electron chi connectivity index (χ4n) is 3.87. The van der Waals surface area contributed by atoms with Crippen LogP contribution in [0.1, 0.15) is 25.7 Å². The monoisotopic (exact) mass is 374 g/mol. The Morgan fingerprint density at radius 1 is 1.08 bits per heavy atom. The van der Waals surface area contributed by atoms with Gasteiger partial charge in [0.05, 0.1) is 4.90 Å². The summed E-state index contributed by atoms with van der Waals surface area (Å²) in [4.78, 5) is 0.273. The minimum atomic E-state index is -3.52. The maximum Gasteiger partial charge on any atom is 0.243 e. The standard InChI is InChI=1S/C16H22N2O4S.ClH/c1-18(13-8-11-2-3-12(9-13)17-11)23(19,20)14-4-5-15-16(10-14)22-7-6-21-15;/h4-5,10-13,17H,2-3,6-9H2,1H3;1H. The van der Waals surface area contributed by atoms with Gasteiger partial charge in [-0.1, -0.05) is 0 Å². The Balaban J connectivity index is 0.00000169. The van der Waals surface area contributed by atoms with E-state index in [0.717, 1.165) is 25.7 Å². The molecule has 0 radical (unpaired) electrons. The molecule has 2 fully saturated rings. The molecule has 0 aromatic heterocycles. The third kappa shape index (κ3) is 3.10. The van der Waals surface area contributed by atoms with Gasteiger partial charge in [-0.25, -0.2) is 8.42 Å². The Labute approximate surface area is 149 Å². The van der Waals surface area contributed by atoms with Crippen LogP contribution in [0.5, 0.6) is 11.5 Å². The lowest BCUT2D eigenvalue weighted by Crippen LogP contribution is -2.48. The van der Waals surface area contributed by atoms with Crippen molar-refractivity contribution in [1.82, 2.24) is 9.62 Å². The molecular formula is C16H23ClN2O4S. The number of nitrogens with zero attached hydrogens (tertiary/aromatic N) is 1. The van der Waals surface area contributed by atoms with Gasteiger partial charge in [0.15, 0.2) is 11.5 Å². The molecule has 1 aromatic rings. The first kappa shape index (κ1) is 17.8. The van der Waals surface area contributed by atoms with Crippen LogP contribution in [0.25, 0.3) is 0 Å². The number of halogens is 1. The predicted molar refractivity (Wildman–Crippen MR) is 92.6 cm³/mol. The van der Waals surface area contributed by atoms with E-state index in [9.17, 15) is 8.42 Å². The number of ether oxygens (including phenoxy) is 2. The third-order valence-corrected chi connectivity index (χ3v) is 7.06. The molecule has 24 heavy (non-hydrogen) atoms. The molecule has 2 unspecified atom stereocenters. The van der Waals surface area contributed by atoms with Crippen LogP contribution >= 0.6 is 12.4 Å². The summed E-state index contributed by atoms with van der Waals surface area (Å²) in [6, 6.07) is 5.84. The molecule has 0 amide bonds. The average molecular weight is 375 g/mol. The molecule has 2 bridgehead atoms. The topological polar surface area (TPSA) is 67.9 Å². The quantitative estimate of drug-likeness (QED) is 0.873. The van der Waals surface area contributed by atoms with Gasteiger partial charge in [-0.3, -0.25) is 0 Å². The van der Waals surface area contributed by atoms with Gasteiger partial charge >= 0.3 is 0 Å². The predicted octanol–water partition coefficient (Wildman–Crippen LogP) is 1.78. The molecule has 1 aromatic carbocycles. The van der Waals surface area contributed by atoms with Crippen LogP contribution in [0, 0.1) is 0 Å². The molecule has 0 saturated carbocycles. The fourth-order valence-corrected chi connectivity index (χ4v) is 5.26. The summed E-state index contributed by atoms with van der Waals surface area (Å²) in [7, 11) is -1.83. The highest BCUT2D eigenvalue weighted by Crippen LogP contribution is 2.35. The molecule has 3 heterocycles. The summed E-state index contributed by atoms with van der Waals surface area (Å²) < 4.78 is 38.4.